The first-order valence-corrected chi connectivity index (χ1v) is 6.16. The number of nitrogens with zero attached hydrogens (tertiary/aromatic N) is 1. The van der Waals surface area contributed by atoms with Crippen LogP contribution in [-0.4, -0.2) is 43.6 Å². The first-order valence-electron chi connectivity index (χ1n) is 5.76. The van der Waals surface area contributed by atoms with Crippen molar-refractivity contribution in [2.45, 2.75) is 6.42 Å². The molecule has 0 heterocycles. The van der Waals surface area contributed by atoms with Gasteiger partial charge in [0.15, 0.2) is 11.5 Å². The molecule has 1 rings (SSSR count). The van der Waals surface area contributed by atoms with Gasteiger partial charge >= 0.3 is 0 Å². The third kappa shape index (κ3) is 3.82. The Kier molecular flexibility index (Phi) is 5.57. The van der Waals surface area contributed by atoms with Crippen molar-refractivity contribution in [2.24, 2.45) is 5.73 Å². The minimum absolute atomic E-state index is 0.160. The molecule has 0 saturated carbocycles. The van der Waals surface area contributed by atoms with Gasteiger partial charge in [-0.25, -0.2) is 0 Å². The minimum atomic E-state index is -0.160. The molecule has 0 fully saturated rings. The molecule has 0 unspecified atom stereocenters. The highest BCUT2D eigenvalue weighted by molar-refractivity contribution is 7.80. The summed E-state index contributed by atoms with van der Waals surface area (Å²) in [5.74, 6) is 0.792. The normalized spacial score (nSPS) is 9.84. The number of ether oxygens (including phenoxy) is 2. The van der Waals surface area contributed by atoms with Crippen LogP contribution >= 0.6 is 12.2 Å². The molecule has 0 radical (unpaired) electrons. The van der Waals surface area contributed by atoms with Gasteiger partial charge in [0.1, 0.15) is 0 Å². The summed E-state index contributed by atoms with van der Waals surface area (Å²) in [6.45, 7) is 0.467. The fourth-order valence-corrected chi connectivity index (χ4v) is 1.73. The molecular formula is C13H18N2O3S. The molecule has 0 spiro atoms. The Morgan fingerprint density at radius 2 is 2.05 bits per heavy atom. The van der Waals surface area contributed by atoms with Gasteiger partial charge in [-0.2, -0.15) is 0 Å². The van der Waals surface area contributed by atoms with Crippen LogP contribution in [-0.2, 0) is 0 Å². The smallest absolute Gasteiger partial charge is 0.257 e. The fourth-order valence-electron chi connectivity index (χ4n) is 1.64. The number of nitrogens with two attached hydrogens (primary N) is 1. The zero-order chi connectivity index (χ0) is 14.4. The van der Waals surface area contributed by atoms with Crippen LogP contribution in [0.5, 0.6) is 11.5 Å². The number of hydrogen-bond donors (Lipinski definition) is 1. The van der Waals surface area contributed by atoms with Crippen molar-refractivity contribution >= 4 is 23.1 Å². The molecule has 1 amide bonds. The van der Waals surface area contributed by atoms with Crippen molar-refractivity contribution in [1.29, 1.82) is 0 Å². The van der Waals surface area contributed by atoms with E-state index in [0.29, 0.717) is 35.0 Å². The van der Waals surface area contributed by atoms with Gasteiger partial charge in [0.25, 0.3) is 5.91 Å². The van der Waals surface area contributed by atoms with Crippen LogP contribution in [0, 0.1) is 0 Å². The zero-order valence-electron chi connectivity index (χ0n) is 11.3. The average Bonchev–Trinajstić information content (AvgIpc) is 2.42. The molecule has 0 aliphatic carbocycles. The summed E-state index contributed by atoms with van der Waals surface area (Å²) in [5, 5.41) is 0. The Morgan fingerprint density at radius 3 is 2.58 bits per heavy atom. The van der Waals surface area contributed by atoms with Crippen LogP contribution in [0.15, 0.2) is 18.2 Å². The minimum Gasteiger partial charge on any atom is -0.493 e. The molecule has 1 aromatic carbocycles. The topological polar surface area (TPSA) is 64.8 Å². The number of thiocarbonyl (C=S) groups is 1. The molecule has 0 aliphatic heterocycles. The molecule has 0 atom stereocenters. The van der Waals surface area contributed by atoms with Gasteiger partial charge in [0, 0.05) is 20.0 Å². The van der Waals surface area contributed by atoms with Crippen LogP contribution in [0.1, 0.15) is 16.8 Å². The number of carbonyl (C=O) groups excluding carboxylic acids is 1. The lowest BCUT2D eigenvalue weighted by molar-refractivity contribution is 0.0795. The monoisotopic (exact) mass is 282 g/mol. The summed E-state index contributed by atoms with van der Waals surface area (Å²) in [5.41, 5.74) is 5.88. The molecule has 0 aliphatic rings. The van der Waals surface area contributed by atoms with Crippen LogP contribution in [0.2, 0.25) is 0 Å². The Hall–Kier alpha value is -1.82. The predicted octanol–water partition coefficient (Wildman–Crippen LogP) is 1.45. The van der Waals surface area contributed by atoms with E-state index in [9.17, 15) is 4.79 Å². The van der Waals surface area contributed by atoms with Gasteiger partial charge < -0.3 is 20.1 Å². The highest BCUT2D eigenvalue weighted by Crippen LogP contribution is 2.31. The molecule has 5 nitrogen and oxygen atoms in total. The largest absolute Gasteiger partial charge is 0.493 e. The second-order valence-corrected chi connectivity index (χ2v) is 4.51. The predicted molar refractivity (Wildman–Crippen MR) is 77.9 cm³/mol. The fraction of sp³-hybridized carbons (Fsp3) is 0.385. The highest BCUT2D eigenvalue weighted by atomic mass is 32.1. The van der Waals surface area contributed by atoms with Gasteiger partial charge in [0.05, 0.1) is 24.8 Å². The number of methoxy groups -OCH3 is 2. The van der Waals surface area contributed by atoms with Gasteiger partial charge in [-0.3, -0.25) is 4.79 Å². The number of para-hydroxylation sites is 1. The van der Waals surface area contributed by atoms with Crippen molar-refractivity contribution in [3.63, 3.8) is 0 Å². The Bertz CT molecular complexity index is 477. The zero-order valence-corrected chi connectivity index (χ0v) is 12.1. The lowest BCUT2D eigenvalue weighted by atomic mass is 10.1. The van der Waals surface area contributed by atoms with Crippen molar-refractivity contribution in [3.05, 3.63) is 23.8 Å². The molecular weight excluding hydrogens is 264 g/mol. The molecule has 2 N–H and O–H groups in total. The Morgan fingerprint density at radius 1 is 1.37 bits per heavy atom. The van der Waals surface area contributed by atoms with Crippen molar-refractivity contribution in [1.82, 2.24) is 4.90 Å². The van der Waals surface area contributed by atoms with Crippen molar-refractivity contribution in [3.8, 4) is 11.5 Å². The lowest BCUT2D eigenvalue weighted by Gasteiger charge is -2.19. The first kappa shape index (κ1) is 15.2. The maximum Gasteiger partial charge on any atom is 0.257 e. The van der Waals surface area contributed by atoms with E-state index in [1.54, 1.807) is 30.1 Å². The summed E-state index contributed by atoms with van der Waals surface area (Å²) in [6, 6.07) is 5.18. The maximum atomic E-state index is 12.3. The molecule has 0 bridgehead atoms. The number of rotatable bonds is 6. The first-order chi connectivity index (χ1) is 9.01. The second-order valence-electron chi connectivity index (χ2n) is 3.98. The maximum absolute atomic E-state index is 12.3. The van der Waals surface area contributed by atoms with E-state index in [1.807, 2.05) is 0 Å². The second kappa shape index (κ2) is 6.94. The van der Waals surface area contributed by atoms with E-state index < -0.39 is 0 Å². The van der Waals surface area contributed by atoms with E-state index in [1.165, 1.54) is 14.2 Å². The Labute approximate surface area is 118 Å². The van der Waals surface area contributed by atoms with Crippen molar-refractivity contribution in [2.75, 3.05) is 27.8 Å². The van der Waals surface area contributed by atoms with E-state index in [2.05, 4.69) is 0 Å². The van der Waals surface area contributed by atoms with Gasteiger partial charge in [-0.1, -0.05) is 18.3 Å². The van der Waals surface area contributed by atoms with Crippen molar-refractivity contribution < 1.29 is 14.3 Å². The molecule has 6 heteroatoms. The standard InChI is InChI=1S/C13H18N2O3S/c1-15(8-7-11(14)19)13(16)9-5-4-6-10(17-2)12(9)18-3/h4-6H,7-8H2,1-3H3,(H2,14,19). The summed E-state index contributed by atoms with van der Waals surface area (Å²) < 4.78 is 10.4. The molecule has 0 aromatic heterocycles. The molecule has 19 heavy (non-hydrogen) atoms. The van der Waals surface area contributed by atoms with Crippen LogP contribution in [0.4, 0.5) is 0 Å². The number of amides is 1. The summed E-state index contributed by atoms with van der Waals surface area (Å²) in [6.07, 6.45) is 0.490. The average molecular weight is 282 g/mol. The van der Waals surface area contributed by atoms with E-state index in [4.69, 9.17) is 27.4 Å². The van der Waals surface area contributed by atoms with Crippen LogP contribution in [0.25, 0.3) is 0 Å². The summed E-state index contributed by atoms with van der Waals surface area (Å²) in [7, 11) is 4.73. The molecule has 104 valence electrons. The quantitative estimate of drug-likeness (QED) is 0.800. The highest BCUT2D eigenvalue weighted by Gasteiger charge is 2.19. The SMILES string of the molecule is COc1cccc(C(=O)N(C)CCC(N)=S)c1OC. The van der Waals surface area contributed by atoms with Gasteiger partial charge in [-0.15, -0.1) is 0 Å². The lowest BCUT2D eigenvalue weighted by Crippen LogP contribution is -2.30. The van der Waals surface area contributed by atoms with Gasteiger partial charge in [-0.05, 0) is 12.1 Å². The molecule has 1 aromatic rings. The number of benzene rings is 1. The third-order valence-electron chi connectivity index (χ3n) is 2.67. The van der Waals surface area contributed by atoms with Gasteiger partial charge in [0.2, 0.25) is 0 Å². The number of carbonyl (C=O) groups is 1. The van der Waals surface area contributed by atoms with Crippen LogP contribution in [0.3, 0.4) is 0 Å². The summed E-state index contributed by atoms with van der Waals surface area (Å²) in [4.78, 5) is 14.2. The third-order valence-corrected chi connectivity index (χ3v) is 2.88. The van der Waals surface area contributed by atoms with Crippen LogP contribution < -0.4 is 15.2 Å². The number of hydrogen-bond acceptors (Lipinski definition) is 4. The van der Waals surface area contributed by atoms with E-state index >= 15 is 0 Å². The Balaban J connectivity index is 2.95. The summed E-state index contributed by atoms with van der Waals surface area (Å²) >= 11 is 4.80. The molecule has 0 saturated heterocycles. The van der Waals surface area contributed by atoms with E-state index in [-0.39, 0.29) is 5.91 Å². The van der Waals surface area contributed by atoms with E-state index in [0.717, 1.165) is 0 Å².